The first-order valence-corrected chi connectivity index (χ1v) is 20.2. The molecule has 49 heavy (non-hydrogen) atoms. The number of carbonyl (C=O) groups excluding carboxylic acids is 1. The molecule has 1 aliphatic carbocycles. The molecule has 1 amide bonds. The lowest BCUT2D eigenvalue weighted by atomic mass is 9.62. The van der Waals surface area contributed by atoms with Gasteiger partial charge in [-0.05, 0) is 105 Å². The molecule has 6 rings (SSSR count). The lowest BCUT2D eigenvalue weighted by Gasteiger charge is -2.51. The fourth-order valence-corrected chi connectivity index (χ4v) is 10.1. The Hall–Kier alpha value is -2.37. The number of hydrogen-bond acceptors (Lipinski definition) is 8. The summed E-state index contributed by atoms with van der Waals surface area (Å²) < 4.78 is 41.6. The van der Waals surface area contributed by atoms with E-state index in [1.807, 2.05) is 13.0 Å². The van der Waals surface area contributed by atoms with Gasteiger partial charge in [-0.2, -0.15) is 0 Å². The summed E-state index contributed by atoms with van der Waals surface area (Å²) in [5.41, 5.74) is 2.57. The van der Waals surface area contributed by atoms with Gasteiger partial charge in [0.15, 0.2) is 0 Å². The topological polar surface area (TPSA) is 108 Å². The lowest BCUT2D eigenvalue weighted by molar-refractivity contribution is -0.121. The van der Waals surface area contributed by atoms with Crippen LogP contribution in [0.5, 0.6) is 5.75 Å². The van der Waals surface area contributed by atoms with Crippen molar-refractivity contribution >= 4 is 33.2 Å². The van der Waals surface area contributed by atoms with Crippen LogP contribution in [0.2, 0.25) is 5.02 Å². The van der Waals surface area contributed by atoms with Crippen LogP contribution in [-0.2, 0) is 21.2 Å². The normalized spacial score (nSPS) is 32.6. The van der Waals surface area contributed by atoms with E-state index in [1.54, 1.807) is 25.1 Å². The van der Waals surface area contributed by atoms with E-state index in [2.05, 4.69) is 40.5 Å². The third-order valence-electron chi connectivity index (χ3n) is 11.7. The summed E-state index contributed by atoms with van der Waals surface area (Å²) in [6.07, 6.45) is 5.92. The minimum atomic E-state index is -3.94. The van der Waals surface area contributed by atoms with Gasteiger partial charge in [-0.15, -0.1) is 0 Å². The van der Waals surface area contributed by atoms with E-state index in [4.69, 9.17) is 21.1 Å². The molecule has 7 unspecified atom stereocenters. The van der Waals surface area contributed by atoms with Crippen molar-refractivity contribution in [1.29, 1.82) is 0 Å². The van der Waals surface area contributed by atoms with Crippen LogP contribution in [0.25, 0.3) is 0 Å². The molecule has 2 bridgehead atoms. The molecule has 2 fully saturated rings. The van der Waals surface area contributed by atoms with Gasteiger partial charge < -0.3 is 19.5 Å². The molecule has 0 radical (unpaired) electrons. The number of hydrogen-bond donors (Lipinski definition) is 2. The maximum atomic E-state index is 13.5. The molecule has 2 N–H and O–H groups in total. The number of morpholine rings is 1. The Morgan fingerprint density at radius 1 is 1.06 bits per heavy atom. The minimum Gasteiger partial charge on any atom is -0.491 e. The number of nitrogens with one attached hydrogen (secondary N) is 1. The molecule has 3 heterocycles. The molecule has 1 saturated carbocycles. The number of β-amino-alcohol motifs (C(OH)–C–C–N with tert-alkyl or cyclic N) is 1. The van der Waals surface area contributed by atoms with E-state index in [9.17, 15) is 18.3 Å². The van der Waals surface area contributed by atoms with Gasteiger partial charge in [0.25, 0.3) is 5.91 Å². The summed E-state index contributed by atoms with van der Waals surface area (Å²) in [7, 11) is -3.94. The molecule has 0 spiro atoms. The van der Waals surface area contributed by atoms with Crippen molar-refractivity contribution in [2.45, 2.75) is 95.5 Å². The van der Waals surface area contributed by atoms with E-state index >= 15 is 0 Å². The highest BCUT2D eigenvalue weighted by molar-refractivity contribution is 7.90. The average Bonchev–Trinajstić information content (AvgIpc) is 3.21. The number of rotatable bonds is 5. The number of ether oxygens (including phenoxy) is 2. The highest BCUT2D eigenvalue weighted by Gasteiger charge is 2.48. The number of anilines is 1. The molecule has 2 aromatic carbocycles. The maximum absolute atomic E-state index is 13.5. The zero-order chi connectivity index (χ0) is 34.9. The Labute approximate surface area is 297 Å². The first kappa shape index (κ1) is 36.4. The van der Waals surface area contributed by atoms with E-state index in [1.165, 1.54) is 11.1 Å². The van der Waals surface area contributed by atoms with Crippen LogP contribution in [0.1, 0.15) is 93.6 Å². The van der Waals surface area contributed by atoms with Crippen molar-refractivity contribution in [2.24, 2.45) is 17.8 Å². The van der Waals surface area contributed by atoms with Gasteiger partial charge in [-0.25, -0.2) is 13.1 Å². The molecule has 270 valence electrons. The summed E-state index contributed by atoms with van der Waals surface area (Å²) in [5, 5.41) is 12.6. The average molecular weight is 716 g/mol. The monoisotopic (exact) mass is 715 g/mol. The summed E-state index contributed by atoms with van der Waals surface area (Å²) >= 11 is 6.45. The predicted octanol–water partition coefficient (Wildman–Crippen LogP) is 6.02. The summed E-state index contributed by atoms with van der Waals surface area (Å²) in [5.74, 6) is 0.236. The Morgan fingerprint density at radius 2 is 1.88 bits per heavy atom. The standard InChI is InChI=1S/C38H54ClN3O6S/c1-5-7-28-18-32(39)11-12-33(28)31-22-42-21-30-9-13-34(30)38(44,24-41-16-17-47-26(3)20-41)15-6-8-25(2)27(4)49(45,46)40-37(43)29-10-14-36(48-23-31)35(42)19-29/h10-12,14,18-19,25-27,30-31,34,44H,5-9,13,15-17,20-24H2,1-4H3,(H,40,43). The number of aliphatic hydroxyl groups is 1. The van der Waals surface area contributed by atoms with E-state index in [-0.39, 0.29) is 35.3 Å². The molecular formula is C38H54ClN3O6S. The zero-order valence-corrected chi connectivity index (χ0v) is 31.1. The maximum Gasteiger partial charge on any atom is 0.264 e. The van der Waals surface area contributed by atoms with Crippen LogP contribution < -0.4 is 14.4 Å². The number of sulfonamides is 1. The quantitative estimate of drug-likeness (QED) is 0.387. The number of halogens is 1. The molecule has 3 aliphatic heterocycles. The van der Waals surface area contributed by atoms with Crippen molar-refractivity contribution in [3.05, 3.63) is 58.1 Å². The van der Waals surface area contributed by atoms with Crippen molar-refractivity contribution in [1.82, 2.24) is 9.62 Å². The Kier molecular flexibility index (Phi) is 11.2. The number of fused-ring (bicyclic) bond motifs is 2. The fraction of sp³-hybridized carbons (Fsp3) is 0.658. The van der Waals surface area contributed by atoms with E-state index < -0.39 is 26.8 Å². The first-order chi connectivity index (χ1) is 23.4. The number of carbonyl (C=O) groups is 1. The van der Waals surface area contributed by atoms with Crippen molar-refractivity contribution < 1.29 is 27.8 Å². The number of nitrogens with zero attached hydrogens (tertiary/aromatic N) is 2. The minimum absolute atomic E-state index is 0.0454. The smallest absolute Gasteiger partial charge is 0.264 e. The number of aryl methyl sites for hydroxylation is 1. The largest absolute Gasteiger partial charge is 0.491 e. The number of amides is 1. The molecule has 9 nitrogen and oxygen atoms in total. The zero-order valence-electron chi connectivity index (χ0n) is 29.5. The Balaban J connectivity index is 1.39. The molecule has 2 aromatic rings. The van der Waals surface area contributed by atoms with Gasteiger partial charge >= 0.3 is 0 Å². The van der Waals surface area contributed by atoms with Gasteiger partial charge in [0, 0.05) is 49.2 Å². The molecule has 11 heteroatoms. The number of benzene rings is 2. The molecular weight excluding hydrogens is 662 g/mol. The second-order valence-corrected chi connectivity index (χ2v) is 17.7. The van der Waals surface area contributed by atoms with Crippen LogP contribution >= 0.6 is 11.6 Å². The van der Waals surface area contributed by atoms with Crippen LogP contribution in [0.4, 0.5) is 5.69 Å². The third-order valence-corrected chi connectivity index (χ3v) is 13.8. The van der Waals surface area contributed by atoms with Gasteiger partial charge in [0.2, 0.25) is 10.0 Å². The third kappa shape index (κ3) is 8.09. The van der Waals surface area contributed by atoms with Crippen LogP contribution in [0, 0.1) is 17.8 Å². The second kappa shape index (κ2) is 15.1. The predicted molar refractivity (Wildman–Crippen MR) is 194 cm³/mol. The molecule has 0 aromatic heterocycles. The highest BCUT2D eigenvalue weighted by Crippen LogP contribution is 2.47. The SMILES string of the molecule is CCCc1cc(Cl)ccc1C1COc2ccc3cc2N(C1)CC1CCC1C(O)(CN1CCOC(C)C1)CCCC(C)C(C)S(=O)(=O)NC3=O. The summed E-state index contributed by atoms with van der Waals surface area (Å²) in [6, 6.07) is 11.4. The lowest BCUT2D eigenvalue weighted by Crippen LogP contribution is -2.58. The first-order valence-electron chi connectivity index (χ1n) is 18.3. The van der Waals surface area contributed by atoms with Gasteiger partial charge in [0.05, 0.1) is 35.9 Å². The summed E-state index contributed by atoms with van der Waals surface area (Å²) in [4.78, 5) is 18.2. The van der Waals surface area contributed by atoms with Gasteiger partial charge in [-0.3, -0.25) is 9.69 Å². The molecule has 4 aliphatic rings. The Bertz CT molecular complexity index is 1610. The summed E-state index contributed by atoms with van der Waals surface area (Å²) in [6.45, 7) is 12.5. The van der Waals surface area contributed by atoms with Crippen molar-refractivity contribution in [3.8, 4) is 5.75 Å². The van der Waals surface area contributed by atoms with Gasteiger partial charge in [-0.1, -0.05) is 44.4 Å². The van der Waals surface area contributed by atoms with Crippen LogP contribution in [0.3, 0.4) is 0 Å². The highest BCUT2D eigenvalue weighted by atomic mass is 35.5. The van der Waals surface area contributed by atoms with Crippen molar-refractivity contribution in [3.63, 3.8) is 0 Å². The molecule has 1 saturated heterocycles. The van der Waals surface area contributed by atoms with Crippen molar-refractivity contribution in [2.75, 3.05) is 50.8 Å². The second-order valence-electron chi connectivity index (χ2n) is 15.2. The van der Waals surface area contributed by atoms with E-state index in [0.29, 0.717) is 57.9 Å². The van der Waals surface area contributed by atoms with Crippen LogP contribution in [-0.4, -0.2) is 87.2 Å². The van der Waals surface area contributed by atoms with E-state index in [0.717, 1.165) is 49.5 Å². The fourth-order valence-electron chi connectivity index (χ4n) is 8.59. The van der Waals surface area contributed by atoms with Crippen LogP contribution in [0.15, 0.2) is 36.4 Å². The molecule has 7 atom stereocenters. The Morgan fingerprint density at radius 3 is 2.61 bits per heavy atom. The van der Waals surface area contributed by atoms with Gasteiger partial charge in [0.1, 0.15) is 5.75 Å².